The molecule has 1 aromatic carbocycles. The molecule has 0 unspecified atom stereocenters. The third-order valence-electron chi connectivity index (χ3n) is 5.95. The smallest absolute Gasteiger partial charge is 0.252 e. The first kappa shape index (κ1) is 19.2. The number of benzene rings is 1. The fourth-order valence-corrected chi connectivity index (χ4v) is 7.41. The van der Waals surface area contributed by atoms with Crippen LogP contribution in [0.3, 0.4) is 0 Å². The van der Waals surface area contributed by atoms with Crippen molar-refractivity contribution in [3.8, 4) is 17.2 Å². The van der Waals surface area contributed by atoms with E-state index in [-0.39, 0.29) is 17.4 Å². The Hall–Kier alpha value is -2.73. The summed E-state index contributed by atoms with van der Waals surface area (Å²) < 4.78 is 30.0. The van der Waals surface area contributed by atoms with Crippen LogP contribution >= 0.6 is 11.3 Å². The molecule has 5 rings (SSSR count). The zero-order chi connectivity index (χ0) is 20.9. The molecule has 2 aromatic heterocycles. The van der Waals surface area contributed by atoms with E-state index in [1.165, 1.54) is 11.3 Å². The summed E-state index contributed by atoms with van der Waals surface area (Å²) in [5.41, 5.74) is 3.13. The number of nitriles is 1. The van der Waals surface area contributed by atoms with Gasteiger partial charge in [-0.2, -0.15) is 9.57 Å². The van der Waals surface area contributed by atoms with E-state index >= 15 is 0 Å². The van der Waals surface area contributed by atoms with Gasteiger partial charge in [0, 0.05) is 42.9 Å². The third kappa shape index (κ3) is 3.10. The first-order chi connectivity index (χ1) is 14.5. The second kappa shape index (κ2) is 7.20. The van der Waals surface area contributed by atoms with Crippen molar-refractivity contribution in [1.82, 2.24) is 8.87 Å². The number of hydrogen-bond donors (Lipinski definition) is 0. The molecule has 4 heterocycles. The van der Waals surface area contributed by atoms with E-state index < -0.39 is 10.0 Å². The molecule has 2 bridgehead atoms. The number of pyridine rings is 1. The first-order valence-corrected chi connectivity index (χ1v) is 12.1. The monoisotopic (exact) mass is 437 g/mol. The van der Waals surface area contributed by atoms with Gasteiger partial charge >= 0.3 is 0 Å². The van der Waals surface area contributed by atoms with Gasteiger partial charge in [-0.05, 0) is 47.5 Å². The zero-order valence-electron chi connectivity index (χ0n) is 16.1. The van der Waals surface area contributed by atoms with Crippen LogP contribution in [0, 0.1) is 17.2 Å². The highest BCUT2D eigenvalue weighted by Gasteiger charge is 2.40. The van der Waals surface area contributed by atoms with Gasteiger partial charge in [-0.15, -0.1) is 11.3 Å². The highest BCUT2D eigenvalue weighted by atomic mass is 32.2. The summed E-state index contributed by atoms with van der Waals surface area (Å²) in [6.07, 6.45) is 0.852. The molecule has 2 aliphatic heterocycles. The molecule has 0 N–H and O–H groups in total. The number of fused-ring (bicyclic) bond motifs is 4. The number of thiophene rings is 1. The predicted octanol–water partition coefficient (Wildman–Crippen LogP) is 3.26. The van der Waals surface area contributed by atoms with Gasteiger partial charge in [0.15, 0.2) is 0 Å². The Morgan fingerprint density at radius 1 is 1.07 bits per heavy atom. The summed E-state index contributed by atoms with van der Waals surface area (Å²) in [6, 6.07) is 16.2. The van der Waals surface area contributed by atoms with E-state index in [0.29, 0.717) is 29.4 Å². The van der Waals surface area contributed by atoms with Gasteiger partial charge in [-0.1, -0.05) is 18.2 Å². The van der Waals surface area contributed by atoms with E-state index in [1.807, 2.05) is 22.8 Å². The summed E-state index contributed by atoms with van der Waals surface area (Å²) in [5, 5.41) is 11.0. The summed E-state index contributed by atoms with van der Waals surface area (Å²) in [7, 11) is -3.54. The number of rotatable bonds is 3. The lowest BCUT2D eigenvalue weighted by Crippen LogP contribution is -2.49. The van der Waals surface area contributed by atoms with E-state index in [9.17, 15) is 18.5 Å². The van der Waals surface area contributed by atoms with Crippen LogP contribution in [-0.4, -0.2) is 30.4 Å². The fraction of sp³-hybridized carbons (Fsp3) is 0.273. The lowest BCUT2D eigenvalue weighted by atomic mass is 9.81. The Morgan fingerprint density at radius 3 is 2.70 bits per heavy atom. The molecule has 0 spiro atoms. The normalized spacial score (nSPS) is 21.0. The van der Waals surface area contributed by atoms with Crippen LogP contribution in [0.1, 0.15) is 23.6 Å². The third-order valence-corrected chi connectivity index (χ3v) is 9.15. The number of piperidine rings is 1. The molecule has 0 amide bonds. The molecule has 3 aromatic rings. The molecule has 30 heavy (non-hydrogen) atoms. The summed E-state index contributed by atoms with van der Waals surface area (Å²) in [5.74, 6) is 0.0336. The molecule has 2 aliphatic rings. The molecule has 1 fully saturated rings. The molecular weight excluding hydrogens is 418 g/mol. The molecule has 1 saturated heterocycles. The predicted molar refractivity (Wildman–Crippen MR) is 115 cm³/mol. The van der Waals surface area contributed by atoms with E-state index in [2.05, 4.69) is 6.07 Å². The van der Waals surface area contributed by atoms with Gasteiger partial charge in [-0.25, -0.2) is 8.42 Å². The van der Waals surface area contributed by atoms with Crippen molar-refractivity contribution in [2.24, 2.45) is 5.92 Å². The average Bonchev–Trinajstić information content (AvgIpc) is 3.30. The minimum Gasteiger partial charge on any atom is -0.311 e. The molecule has 0 saturated carbocycles. The maximum Gasteiger partial charge on any atom is 0.252 e. The Morgan fingerprint density at radius 2 is 1.93 bits per heavy atom. The Bertz CT molecular complexity index is 1320. The summed E-state index contributed by atoms with van der Waals surface area (Å²) >= 11 is 1.23. The average molecular weight is 438 g/mol. The van der Waals surface area contributed by atoms with Crippen LogP contribution in [0.15, 0.2) is 62.9 Å². The van der Waals surface area contributed by atoms with Crippen molar-refractivity contribution in [1.29, 1.82) is 5.26 Å². The second-order valence-electron chi connectivity index (χ2n) is 7.83. The number of aromatic nitrogens is 1. The Kier molecular flexibility index (Phi) is 4.62. The Labute approximate surface area is 178 Å². The minimum atomic E-state index is -3.54. The lowest BCUT2D eigenvalue weighted by molar-refractivity contribution is 0.187. The number of nitrogens with zero attached hydrogens (tertiary/aromatic N) is 3. The highest BCUT2D eigenvalue weighted by Crippen LogP contribution is 2.41. The highest BCUT2D eigenvalue weighted by molar-refractivity contribution is 7.91. The summed E-state index contributed by atoms with van der Waals surface area (Å²) in [4.78, 5) is 12.6. The van der Waals surface area contributed by atoms with Crippen molar-refractivity contribution in [2.45, 2.75) is 23.1 Å². The minimum absolute atomic E-state index is 0.0607. The first-order valence-electron chi connectivity index (χ1n) is 9.75. The molecule has 0 aliphatic carbocycles. The van der Waals surface area contributed by atoms with Crippen LogP contribution in [-0.2, 0) is 16.6 Å². The molecule has 6 nitrogen and oxygen atoms in total. The van der Waals surface area contributed by atoms with E-state index in [1.54, 1.807) is 40.0 Å². The Balaban J connectivity index is 1.61. The fourth-order valence-electron chi connectivity index (χ4n) is 4.71. The molecular formula is C22H19N3O3S2. The van der Waals surface area contributed by atoms with Crippen LogP contribution < -0.4 is 5.56 Å². The largest absolute Gasteiger partial charge is 0.311 e. The number of sulfonamides is 1. The van der Waals surface area contributed by atoms with Crippen molar-refractivity contribution < 1.29 is 8.42 Å². The maximum absolute atomic E-state index is 13.1. The SMILES string of the molecule is N#Cc1cccc(-c2ccc(=O)n3c2[C@@H]2C[C@@H](CN(S(=O)(=O)c4cccs4)C2)C3)c1. The molecule has 152 valence electrons. The topological polar surface area (TPSA) is 83.2 Å². The van der Waals surface area contributed by atoms with Gasteiger partial charge in [-0.3, -0.25) is 4.79 Å². The molecule has 8 heteroatoms. The lowest BCUT2D eigenvalue weighted by Gasteiger charge is -2.42. The van der Waals surface area contributed by atoms with Crippen LogP contribution in [0.5, 0.6) is 0 Å². The van der Waals surface area contributed by atoms with Crippen LogP contribution in [0.25, 0.3) is 11.1 Å². The second-order valence-corrected chi connectivity index (χ2v) is 10.9. The van der Waals surface area contributed by atoms with Crippen molar-refractivity contribution in [2.75, 3.05) is 13.1 Å². The van der Waals surface area contributed by atoms with Gasteiger partial charge in [0.2, 0.25) is 0 Å². The van der Waals surface area contributed by atoms with Crippen molar-refractivity contribution >= 4 is 21.4 Å². The van der Waals surface area contributed by atoms with Gasteiger partial charge in [0.25, 0.3) is 15.6 Å². The van der Waals surface area contributed by atoms with Gasteiger partial charge in [0.1, 0.15) is 4.21 Å². The van der Waals surface area contributed by atoms with Crippen LogP contribution in [0.2, 0.25) is 0 Å². The van der Waals surface area contributed by atoms with Crippen molar-refractivity contribution in [3.05, 3.63) is 75.5 Å². The summed E-state index contributed by atoms with van der Waals surface area (Å²) in [6.45, 7) is 1.29. The zero-order valence-corrected chi connectivity index (χ0v) is 17.7. The van der Waals surface area contributed by atoms with E-state index in [4.69, 9.17) is 0 Å². The maximum atomic E-state index is 13.1. The number of hydrogen-bond acceptors (Lipinski definition) is 5. The van der Waals surface area contributed by atoms with Crippen molar-refractivity contribution in [3.63, 3.8) is 0 Å². The van der Waals surface area contributed by atoms with Crippen LogP contribution in [0.4, 0.5) is 0 Å². The van der Waals surface area contributed by atoms with Gasteiger partial charge < -0.3 is 4.57 Å². The molecule has 2 atom stereocenters. The quantitative estimate of drug-likeness (QED) is 0.630. The molecule has 0 radical (unpaired) electrons. The standard InChI is InChI=1S/C22H19N3O3S2/c23-11-15-3-1-4-17(9-15)19-6-7-20(26)25-13-16-10-18(22(19)25)14-24(12-16)30(27,28)21-5-2-8-29-21/h1-9,16,18H,10,12-14H2/t16-,18+/m0/s1. The van der Waals surface area contributed by atoms with Gasteiger partial charge in [0.05, 0.1) is 11.6 Å². The van der Waals surface area contributed by atoms with E-state index in [0.717, 1.165) is 23.2 Å².